The summed E-state index contributed by atoms with van der Waals surface area (Å²) in [5.74, 6) is 12.0. The molecule has 0 radical (unpaired) electrons. The predicted molar refractivity (Wildman–Crippen MR) is 119 cm³/mol. The molecule has 0 N–H and O–H groups in total. The SMILES string of the molecule is CCCCCc1ccc(C#Cc2ccc(C#Cc3ccc(C)cc3F)cc2)cc1. The molecule has 3 aromatic rings. The number of hydrogen-bond donors (Lipinski definition) is 0. The van der Waals surface area contributed by atoms with Crippen LogP contribution in [0.25, 0.3) is 0 Å². The van der Waals surface area contributed by atoms with Gasteiger partial charge in [-0.2, -0.15) is 0 Å². The maximum atomic E-state index is 13.9. The number of benzene rings is 3. The lowest BCUT2D eigenvalue weighted by atomic mass is 10.1. The normalized spacial score (nSPS) is 9.90. The van der Waals surface area contributed by atoms with Crippen molar-refractivity contribution >= 4 is 0 Å². The Bertz CT molecular complexity index is 1070. The molecule has 0 aromatic heterocycles. The molecule has 0 atom stereocenters. The zero-order valence-corrected chi connectivity index (χ0v) is 17.1. The van der Waals surface area contributed by atoms with Crippen molar-refractivity contribution in [3.8, 4) is 23.7 Å². The lowest BCUT2D eigenvalue weighted by molar-refractivity contribution is 0.623. The van der Waals surface area contributed by atoms with E-state index in [0.717, 1.165) is 28.7 Å². The first kappa shape index (κ1) is 20.4. The largest absolute Gasteiger partial charge is 0.206 e. The molecule has 0 nitrogen and oxygen atoms in total. The Kier molecular flexibility index (Phi) is 7.27. The summed E-state index contributed by atoms with van der Waals surface area (Å²) in [7, 11) is 0. The van der Waals surface area contributed by atoms with Gasteiger partial charge in [0.05, 0.1) is 5.56 Å². The number of aryl methyl sites for hydroxylation is 2. The fourth-order valence-electron chi connectivity index (χ4n) is 2.98. The maximum absolute atomic E-state index is 13.9. The molecule has 0 amide bonds. The summed E-state index contributed by atoms with van der Waals surface area (Å²) in [6.45, 7) is 4.09. The first-order valence-corrected chi connectivity index (χ1v) is 10.1. The molecule has 3 aromatic carbocycles. The van der Waals surface area contributed by atoms with Gasteiger partial charge in [0.2, 0.25) is 0 Å². The third kappa shape index (κ3) is 6.38. The van der Waals surface area contributed by atoms with Crippen LogP contribution < -0.4 is 0 Å². The highest BCUT2D eigenvalue weighted by Crippen LogP contribution is 2.10. The van der Waals surface area contributed by atoms with E-state index in [1.54, 1.807) is 6.07 Å². The van der Waals surface area contributed by atoms with E-state index in [0.29, 0.717) is 5.56 Å². The minimum absolute atomic E-state index is 0.281. The minimum atomic E-state index is -0.281. The molecule has 0 aliphatic rings. The van der Waals surface area contributed by atoms with Crippen LogP contribution in [0.3, 0.4) is 0 Å². The summed E-state index contributed by atoms with van der Waals surface area (Å²) >= 11 is 0. The van der Waals surface area contributed by atoms with Crippen LogP contribution in [0, 0.1) is 36.4 Å². The Labute approximate surface area is 173 Å². The Morgan fingerprint density at radius 1 is 0.690 bits per heavy atom. The molecule has 1 heteroatoms. The summed E-state index contributed by atoms with van der Waals surface area (Å²) in [6, 6.07) is 21.3. The molecule has 29 heavy (non-hydrogen) atoms. The number of rotatable bonds is 4. The van der Waals surface area contributed by atoms with Gasteiger partial charge in [-0.05, 0) is 79.4 Å². The molecule has 0 spiro atoms. The molecule has 0 heterocycles. The number of halogens is 1. The molecule has 0 fully saturated rings. The van der Waals surface area contributed by atoms with E-state index < -0.39 is 0 Å². The first-order valence-electron chi connectivity index (χ1n) is 10.1. The van der Waals surface area contributed by atoms with Crippen molar-refractivity contribution in [1.29, 1.82) is 0 Å². The van der Waals surface area contributed by atoms with E-state index in [2.05, 4.69) is 54.9 Å². The Hall–Kier alpha value is -3.29. The topological polar surface area (TPSA) is 0 Å². The van der Waals surface area contributed by atoms with Crippen molar-refractivity contribution in [2.45, 2.75) is 39.5 Å². The van der Waals surface area contributed by atoms with Crippen LogP contribution in [-0.2, 0) is 6.42 Å². The molecule has 0 saturated heterocycles. The van der Waals surface area contributed by atoms with Gasteiger partial charge < -0.3 is 0 Å². The number of unbranched alkanes of at least 4 members (excludes halogenated alkanes) is 2. The zero-order valence-electron chi connectivity index (χ0n) is 17.1. The third-order valence-electron chi connectivity index (χ3n) is 4.73. The van der Waals surface area contributed by atoms with Crippen LogP contribution in [0.15, 0.2) is 66.7 Å². The highest BCUT2D eigenvalue weighted by atomic mass is 19.1. The van der Waals surface area contributed by atoms with Gasteiger partial charge >= 0.3 is 0 Å². The lowest BCUT2D eigenvalue weighted by Crippen LogP contribution is -1.86. The van der Waals surface area contributed by atoms with Crippen molar-refractivity contribution < 1.29 is 4.39 Å². The van der Waals surface area contributed by atoms with Crippen LogP contribution in [-0.4, -0.2) is 0 Å². The van der Waals surface area contributed by atoms with Crippen molar-refractivity contribution in [2.75, 3.05) is 0 Å². The second-order valence-electron chi connectivity index (χ2n) is 7.21. The first-order chi connectivity index (χ1) is 14.1. The second kappa shape index (κ2) is 10.3. The molecular formula is C28H25F. The van der Waals surface area contributed by atoms with Crippen LogP contribution in [0.1, 0.15) is 59.6 Å². The van der Waals surface area contributed by atoms with Crippen molar-refractivity contribution in [2.24, 2.45) is 0 Å². The van der Waals surface area contributed by atoms with E-state index in [-0.39, 0.29) is 5.82 Å². The summed E-state index contributed by atoms with van der Waals surface area (Å²) in [5, 5.41) is 0. The van der Waals surface area contributed by atoms with Gasteiger partial charge in [-0.25, -0.2) is 4.39 Å². The summed E-state index contributed by atoms with van der Waals surface area (Å²) in [5.41, 5.74) is 5.47. The highest BCUT2D eigenvalue weighted by Gasteiger charge is 1.98. The maximum Gasteiger partial charge on any atom is 0.139 e. The summed E-state index contributed by atoms with van der Waals surface area (Å²) in [6.07, 6.45) is 4.91. The highest BCUT2D eigenvalue weighted by molar-refractivity contribution is 5.48. The van der Waals surface area contributed by atoms with Crippen molar-refractivity contribution in [1.82, 2.24) is 0 Å². The third-order valence-corrected chi connectivity index (χ3v) is 4.73. The van der Waals surface area contributed by atoms with Crippen LogP contribution in [0.4, 0.5) is 4.39 Å². The minimum Gasteiger partial charge on any atom is -0.206 e. The molecule has 0 saturated carbocycles. The Balaban J connectivity index is 1.64. The average Bonchev–Trinajstić information content (AvgIpc) is 2.73. The van der Waals surface area contributed by atoms with E-state index in [1.165, 1.54) is 30.9 Å². The molecule has 3 rings (SSSR count). The fraction of sp³-hybridized carbons (Fsp3) is 0.214. The summed E-state index contributed by atoms with van der Waals surface area (Å²) in [4.78, 5) is 0. The lowest BCUT2D eigenvalue weighted by Gasteiger charge is -2.00. The van der Waals surface area contributed by atoms with Crippen molar-refractivity contribution in [3.63, 3.8) is 0 Å². The van der Waals surface area contributed by atoms with E-state index in [1.807, 2.05) is 37.3 Å². The van der Waals surface area contributed by atoms with E-state index in [9.17, 15) is 4.39 Å². The Morgan fingerprint density at radius 3 is 1.79 bits per heavy atom. The Morgan fingerprint density at radius 2 is 1.24 bits per heavy atom. The van der Waals surface area contributed by atoms with Gasteiger partial charge in [-0.15, -0.1) is 0 Å². The van der Waals surface area contributed by atoms with Gasteiger partial charge in [0, 0.05) is 16.7 Å². The number of hydrogen-bond acceptors (Lipinski definition) is 0. The molecule has 0 aliphatic heterocycles. The van der Waals surface area contributed by atoms with Crippen LogP contribution in [0.5, 0.6) is 0 Å². The smallest absolute Gasteiger partial charge is 0.139 e. The van der Waals surface area contributed by atoms with Gasteiger partial charge in [-0.1, -0.05) is 61.6 Å². The molecule has 0 bridgehead atoms. The van der Waals surface area contributed by atoms with E-state index in [4.69, 9.17) is 0 Å². The fourth-order valence-corrected chi connectivity index (χ4v) is 2.98. The average molecular weight is 381 g/mol. The van der Waals surface area contributed by atoms with Crippen molar-refractivity contribution in [3.05, 3.63) is 106 Å². The van der Waals surface area contributed by atoms with Crippen LogP contribution in [0.2, 0.25) is 0 Å². The zero-order chi connectivity index (χ0) is 20.5. The van der Waals surface area contributed by atoms with Gasteiger partial charge in [-0.3, -0.25) is 0 Å². The molecule has 0 aliphatic carbocycles. The summed E-state index contributed by atoms with van der Waals surface area (Å²) < 4.78 is 13.9. The standard InChI is InChI=1S/C28H25F/c1-3-4-5-6-23-8-10-24(11-9-23)12-13-25-14-16-26(17-15-25)18-20-27-19-7-22(2)21-28(27)29/h7-11,14-17,19,21H,3-6H2,1-2H3. The van der Waals surface area contributed by atoms with Gasteiger partial charge in [0.25, 0.3) is 0 Å². The van der Waals surface area contributed by atoms with Crippen LogP contribution >= 0.6 is 0 Å². The molecular weight excluding hydrogens is 355 g/mol. The van der Waals surface area contributed by atoms with Gasteiger partial charge in [0.1, 0.15) is 5.82 Å². The van der Waals surface area contributed by atoms with Gasteiger partial charge in [0.15, 0.2) is 0 Å². The monoisotopic (exact) mass is 380 g/mol. The second-order valence-corrected chi connectivity index (χ2v) is 7.21. The quantitative estimate of drug-likeness (QED) is 0.350. The van der Waals surface area contributed by atoms with E-state index >= 15 is 0 Å². The molecule has 144 valence electrons. The predicted octanol–water partition coefficient (Wildman–Crippen LogP) is 6.67. The molecule has 0 unspecified atom stereocenters.